The van der Waals surface area contributed by atoms with E-state index in [9.17, 15) is 4.79 Å². The summed E-state index contributed by atoms with van der Waals surface area (Å²) in [6.45, 7) is 3.94. The van der Waals surface area contributed by atoms with Crippen LogP contribution in [0.15, 0.2) is 34.5 Å². The monoisotopic (exact) mass is 244 g/mol. The number of H-pyrrole nitrogens is 1. The standard InChI is InChI=1S/C13H16N4O/c1-8(2)7-11(18)16-17-13-10-6-4-3-5-9(10)12(14)15-13/h3-6,8,15H,7,14H2,1-2H3. The van der Waals surface area contributed by atoms with Crippen LogP contribution in [0.5, 0.6) is 0 Å². The average Bonchev–Trinajstić information content (AvgIpc) is 2.64. The zero-order valence-electron chi connectivity index (χ0n) is 10.5. The van der Waals surface area contributed by atoms with E-state index in [1.54, 1.807) is 0 Å². The topological polar surface area (TPSA) is 83.6 Å². The van der Waals surface area contributed by atoms with Crippen LogP contribution in [0.4, 0.5) is 11.6 Å². The number of amides is 1. The third-order valence-corrected chi connectivity index (χ3v) is 2.57. The molecule has 0 bridgehead atoms. The predicted octanol–water partition coefficient (Wildman–Crippen LogP) is 3.41. The predicted molar refractivity (Wildman–Crippen MR) is 71.7 cm³/mol. The minimum atomic E-state index is -0.220. The lowest BCUT2D eigenvalue weighted by atomic mass is 10.1. The zero-order chi connectivity index (χ0) is 13.1. The fourth-order valence-electron chi connectivity index (χ4n) is 1.76. The number of aromatic nitrogens is 1. The van der Waals surface area contributed by atoms with Crippen molar-refractivity contribution >= 4 is 28.3 Å². The Morgan fingerprint density at radius 1 is 1.33 bits per heavy atom. The number of nitrogen functional groups attached to an aromatic ring is 1. The van der Waals surface area contributed by atoms with Crippen LogP contribution in [-0.4, -0.2) is 10.9 Å². The molecule has 0 saturated carbocycles. The molecule has 0 aliphatic carbocycles. The Morgan fingerprint density at radius 3 is 2.67 bits per heavy atom. The number of carbonyl (C=O) groups is 1. The summed E-state index contributed by atoms with van der Waals surface area (Å²) >= 11 is 0. The summed E-state index contributed by atoms with van der Waals surface area (Å²) in [6, 6.07) is 7.58. The summed E-state index contributed by atoms with van der Waals surface area (Å²) in [5, 5.41) is 9.41. The summed E-state index contributed by atoms with van der Waals surface area (Å²) in [6.07, 6.45) is 0.400. The molecule has 0 atom stereocenters. The molecule has 0 saturated heterocycles. The van der Waals surface area contributed by atoms with E-state index < -0.39 is 0 Å². The molecule has 1 amide bonds. The van der Waals surface area contributed by atoms with Crippen LogP contribution in [0.3, 0.4) is 0 Å². The lowest BCUT2D eigenvalue weighted by Crippen LogP contribution is -1.97. The normalized spacial score (nSPS) is 11.7. The van der Waals surface area contributed by atoms with Gasteiger partial charge in [-0.05, 0) is 5.92 Å². The van der Waals surface area contributed by atoms with Crippen molar-refractivity contribution in [2.45, 2.75) is 20.3 Å². The maximum Gasteiger partial charge on any atom is 0.265 e. The second-order valence-electron chi connectivity index (χ2n) is 4.62. The number of rotatable bonds is 3. The van der Waals surface area contributed by atoms with Gasteiger partial charge >= 0.3 is 0 Å². The van der Waals surface area contributed by atoms with Gasteiger partial charge in [0.25, 0.3) is 5.91 Å². The van der Waals surface area contributed by atoms with Crippen LogP contribution in [0, 0.1) is 5.92 Å². The van der Waals surface area contributed by atoms with Crippen molar-refractivity contribution < 1.29 is 4.79 Å². The molecule has 2 rings (SSSR count). The number of anilines is 1. The minimum absolute atomic E-state index is 0.220. The van der Waals surface area contributed by atoms with Gasteiger partial charge in [-0.25, -0.2) is 0 Å². The first-order valence-electron chi connectivity index (χ1n) is 5.88. The molecule has 2 aromatic rings. The van der Waals surface area contributed by atoms with Gasteiger partial charge in [-0.15, -0.1) is 10.2 Å². The molecule has 5 heteroatoms. The molecule has 1 aromatic heterocycles. The quantitative estimate of drug-likeness (QED) is 0.811. The van der Waals surface area contributed by atoms with Gasteiger partial charge < -0.3 is 10.7 Å². The molecule has 0 radical (unpaired) electrons. The van der Waals surface area contributed by atoms with Crippen LogP contribution < -0.4 is 5.73 Å². The lowest BCUT2D eigenvalue weighted by Gasteiger charge is -1.96. The van der Waals surface area contributed by atoms with E-state index in [1.807, 2.05) is 38.1 Å². The number of azo groups is 1. The average molecular weight is 244 g/mol. The summed E-state index contributed by atoms with van der Waals surface area (Å²) in [4.78, 5) is 14.4. The smallest absolute Gasteiger partial charge is 0.265 e. The molecule has 1 aromatic carbocycles. The van der Waals surface area contributed by atoms with Gasteiger partial charge in [-0.3, -0.25) is 4.79 Å². The van der Waals surface area contributed by atoms with Crippen molar-refractivity contribution in [1.82, 2.24) is 4.98 Å². The number of benzene rings is 1. The molecule has 0 fully saturated rings. The van der Waals surface area contributed by atoms with Crippen LogP contribution >= 0.6 is 0 Å². The number of hydrogen-bond acceptors (Lipinski definition) is 3. The number of hydrogen-bond donors (Lipinski definition) is 2. The minimum Gasteiger partial charge on any atom is -0.385 e. The summed E-state index contributed by atoms with van der Waals surface area (Å²) in [5.74, 6) is 1.13. The molecule has 3 N–H and O–H groups in total. The summed E-state index contributed by atoms with van der Waals surface area (Å²) < 4.78 is 0. The molecule has 0 spiro atoms. The van der Waals surface area contributed by atoms with Gasteiger partial charge in [0.1, 0.15) is 5.82 Å². The molecule has 0 aliphatic heterocycles. The molecular weight excluding hydrogens is 228 g/mol. The Labute approximate surface area is 105 Å². The van der Waals surface area contributed by atoms with Crippen LogP contribution in [0.1, 0.15) is 20.3 Å². The number of fused-ring (bicyclic) bond motifs is 1. The van der Waals surface area contributed by atoms with Gasteiger partial charge in [0.05, 0.1) is 0 Å². The summed E-state index contributed by atoms with van der Waals surface area (Å²) in [7, 11) is 0. The van der Waals surface area contributed by atoms with E-state index in [2.05, 4.69) is 15.2 Å². The van der Waals surface area contributed by atoms with E-state index >= 15 is 0 Å². The van der Waals surface area contributed by atoms with Gasteiger partial charge in [0, 0.05) is 17.2 Å². The Bertz CT molecular complexity index is 598. The first-order valence-corrected chi connectivity index (χ1v) is 5.88. The van der Waals surface area contributed by atoms with E-state index in [-0.39, 0.29) is 11.8 Å². The molecular formula is C13H16N4O. The Hall–Kier alpha value is -2.17. The second-order valence-corrected chi connectivity index (χ2v) is 4.62. The maximum atomic E-state index is 11.5. The zero-order valence-corrected chi connectivity index (χ0v) is 10.5. The fourth-order valence-corrected chi connectivity index (χ4v) is 1.76. The van der Waals surface area contributed by atoms with Gasteiger partial charge in [0.2, 0.25) is 0 Å². The highest BCUT2D eigenvalue weighted by atomic mass is 16.1. The first-order chi connectivity index (χ1) is 8.58. The van der Waals surface area contributed by atoms with E-state index in [1.165, 1.54) is 0 Å². The molecule has 0 unspecified atom stereocenters. The van der Waals surface area contributed by atoms with Crippen molar-refractivity contribution in [2.75, 3.05) is 5.73 Å². The number of nitrogens with one attached hydrogen (secondary N) is 1. The van der Waals surface area contributed by atoms with Crippen molar-refractivity contribution in [1.29, 1.82) is 0 Å². The van der Waals surface area contributed by atoms with Gasteiger partial charge in [0.15, 0.2) is 5.82 Å². The van der Waals surface area contributed by atoms with Gasteiger partial charge in [-0.1, -0.05) is 38.1 Å². The van der Waals surface area contributed by atoms with Crippen molar-refractivity contribution in [2.24, 2.45) is 16.1 Å². The van der Waals surface area contributed by atoms with Crippen molar-refractivity contribution in [3.63, 3.8) is 0 Å². The molecule has 18 heavy (non-hydrogen) atoms. The largest absolute Gasteiger partial charge is 0.385 e. The first kappa shape index (κ1) is 12.3. The fraction of sp³-hybridized carbons (Fsp3) is 0.308. The highest BCUT2D eigenvalue weighted by Gasteiger charge is 2.08. The van der Waals surface area contributed by atoms with E-state index in [4.69, 9.17) is 5.73 Å². The van der Waals surface area contributed by atoms with Crippen molar-refractivity contribution in [3.8, 4) is 0 Å². The molecule has 5 nitrogen and oxygen atoms in total. The maximum absolute atomic E-state index is 11.5. The highest BCUT2D eigenvalue weighted by molar-refractivity contribution is 5.99. The SMILES string of the molecule is CC(C)CC(=O)N=Nc1[nH]c(N)c2ccccc12. The molecule has 94 valence electrons. The molecule has 1 heterocycles. The number of carbonyl (C=O) groups excluding carboxylic acids is 1. The Balaban J connectivity index is 2.27. The third-order valence-electron chi connectivity index (χ3n) is 2.57. The number of aromatic amines is 1. The van der Waals surface area contributed by atoms with E-state index in [0.717, 1.165) is 10.8 Å². The molecule has 0 aliphatic rings. The summed E-state index contributed by atoms with van der Waals surface area (Å²) in [5.41, 5.74) is 5.82. The van der Waals surface area contributed by atoms with Crippen molar-refractivity contribution in [3.05, 3.63) is 24.3 Å². The van der Waals surface area contributed by atoms with Crippen LogP contribution in [0.25, 0.3) is 10.8 Å². The number of nitrogens with zero attached hydrogens (tertiary/aromatic N) is 2. The van der Waals surface area contributed by atoms with Crippen LogP contribution in [-0.2, 0) is 4.79 Å². The van der Waals surface area contributed by atoms with Crippen LogP contribution in [0.2, 0.25) is 0 Å². The van der Waals surface area contributed by atoms with E-state index in [0.29, 0.717) is 18.1 Å². The Kier molecular flexibility index (Phi) is 3.41. The lowest BCUT2D eigenvalue weighted by molar-refractivity contribution is -0.118. The second kappa shape index (κ2) is 5.00. The third kappa shape index (κ3) is 2.56. The van der Waals surface area contributed by atoms with Gasteiger partial charge in [-0.2, -0.15) is 0 Å². The highest BCUT2D eigenvalue weighted by Crippen LogP contribution is 2.30. The number of nitrogens with two attached hydrogens (primary N) is 1. The Morgan fingerprint density at radius 2 is 2.00 bits per heavy atom.